The quantitative estimate of drug-likeness (QED) is 0.443. The summed E-state index contributed by atoms with van der Waals surface area (Å²) in [5.74, 6) is 0.662. The summed E-state index contributed by atoms with van der Waals surface area (Å²) in [6.45, 7) is 2.33. The second-order valence-electron chi connectivity index (χ2n) is 8.15. The fraction of sp³-hybridized carbons (Fsp3) is 0.280. The molecule has 0 bridgehead atoms. The Morgan fingerprint density at radius 2 is 2.09 bits per heavy atom. The van der Waals surface area contributed by atoms with E-state index in [2.05, 4.69) is 15.3 Å². The van der Waals surface area contributed by atoms with Gasteiger partial charge in [-0.05, 0) is 62.1 Å². The van der Waals surface area contributed by atoms with Gasteiger partial charge in [-0.3, -0.25) is 9.78 Å². The third kappa shape index (κ3) is 6.01. The smallest absolute Gasteiger partial charge is 0.262 e. The van der Waals surface area contributed by atoms with Gasteiger partial charge in [-0.1, -0.05) is 17.7 Å². The van der Waals surface area contributed by atoms with Gasteiger partial charge in [0.15, 0.2) is 6.61 Å². The minimum atomic E-state index is -0.623. The zero-order valence-electron chi connectivity index (χ0n) is 18.6. The Kier molecular flexibility index (Phi) is 7.26. The van der Waals surface area contributed by atoms with Gasteiger partial charge in [0, 0.05) is 12.1 Å². The zero-order valence-corrected chi connectivity index (χ0v) is 19.4. The summed E-state index contributed by atoms with van der Waals surface area (Å²) in [6.07, 6.45) is 4.70. The van der Waals surface area contributed by atoms with Crippen LogP contribution in [0.1, 0.15) is 25.5 Å². The molecule has 2 heterocycles. The van der Waals surface area contributed by atoms with Crippen LogP contribution in [0.25, 0.3) is 11.3 Å². The minimum Gasteiger partial charge on any atom is -0.482 e. The van der Waals surface area contributed by atoms with E-state index >= 15 is 0 Å². The normalized spacial score (nSPS) is 13.6. The topological polar surface area (TPSA) is 111 Å². The standard InChI is InChI=1S/C25H24ClN5O3/c1-16(32)31(14-17-2-3-17)24-9-4-18(10-22(24)26)23-8-6-20(12-29-23)30-25(33)15-34-21-7-5-19(11-27)28-13-21/h4-10,12-13,16-17,32H,2-3,14-15H2,1H3,(H,30,33). The lowest BCUT2D eigenvalue weighted by Crippen LogP contribution is -2.34. The number of pyridine rings is 2. The molecule has 1 unspecified atom stereocenters. The number of ether oxygens (including phenoxy) is 1. The molecule has 1 aliphatic rings. The summed E-state index contributed by atoms with van der Waals surface area (Å²) in [7, 11) is 0. The zero-order chi connectivity index (χ0) is 24.1. The Hall–Kier alpha value is -3.67. The number of benzene rings is 1. The highest BCUT2D eigenvalue weighted by Crippen LogP contribution is 2.36. The maximum atomic E-state index is 12.2. The van der Waals surface area contributed by atoms with E-state index in [-0.39, 0.29) is 18.2 Å². The average molecular weight is 478 g/mol. The van der Waals surface area contributed by atoms with Gasteiger partial charge in [0.1, 0.15) is 23.7 Å². The first kappa shape index (κ1) is 23.5. The van der Waals surface area contributed by atoms with E-state index in [0.717, 1.165) is 17.8 Å². The number of anilines is 2. The Bertz CT molecular complexity index is 1190. The number of nitrogens with one attached hydrogen (secondary N) is 1. The highest BCUT2D eigenvalue weighted by Gasteiger charge is 2.27. The second-order valence-corrected chi connectivity index (χ2v) is 8.56. The molecule has 174 valence electrons. The molecule has 9 heteroatoms. The molecule has 0 saturated heterocycles. The highest BCUT2D eigenvalue weighted by molar-refractivity contribution is 6.33. The number of aromatic nitrogens is 2. The first-order valence-corrected chi connectivity index (χ1v) is 11.3. The van der Waals surface area contributed by atoms with Crippen LogP contribution in [0.5, 0.6) is 5.75 Å². The number of rotatable bonds is 9. The van der Waals surface area contributed by atoms with Gasteiger partial charge < -0.3 is 20.1 Å². The molecule has 4 rings (SSSR count). The third-order valence-corrected chi connectivity index (χ3v) is 5.73. The molecule has 2 N–H and O–H groups in total. The van der Waals surface area contributed by atoms with Gasteiger partial charge >= 0.3 is 0 Å². The van der Waals surface area contributed by atoms with E-state index in [1.165, 1.54) is 25.1 Å². The monoisotopic (exact) mass is 477 g/mol. The van der Waals surface area contributed by atoms with Crippen molar-refractivity contribution in [2.45, 2.75) is 26.0 Å². The first-order valence-electron chi connectivity index (χ1n) is 10.9. The molecule has 1 atom stereocenters. The number of carbonyl (C=O) groups is 1. The molecule has 1 saturated carbocycles. The van der Waals surface area contributed by atoms with Crippen LogP contribution >= 0.6 is 11.6 Å². The number of amides is 1. The largest absolute Gasteiger partial charge is 0.482 e. The maximum Gasteiger partial charge on any atom is 0.262 e. The van der Waals surface area contributed by atoms with Crippen LogP contribution < -0.4 is 15.0 Å². The van der Waals surface area contributed by atoms with Crippen LogP contribution in [-0.4, -0.2) is 40.4 Å². The molecular formula is C25H24ClN5O3. The Labute approximate surface area is 202 Å². The maximum absolute atomic E-state index is 12.2. The molecule has 1 aromatic carbocycles. The Morgan fingerprint density at radius 3 is 2.68 bits per heavy atom. The van der Waals surface area contributed by atoms with Crippen LogP contribution in [0.3, 0.4) is 0 Å². The second kappa shape index (κ2) is 10.5. The van der Waals surface area contributed by atoms with Crippen molar-refractivity contribution >= 4 is 28.9 Å². The SMILES string of the molecule is CC(O)N(CC1CC1)c1ccc(-c2ccc(NC(=O)COc3ccc(C#N)nc3)cn2)cc1Cl. The van der Waals surface area contributed by atoms with E-state index in [4.69, 9.17) is 21.6 Å². The van der Waals surface area contributed by atoms with Crippen molar-refractivity contribution in [2.24, 2.45) is 5.92 Å². The highest BCUT2D eigenvalue weighted by atomic mass is 35.5. The van der Waals surface area contributed by atoms with E-state index in [1.54, 1.807) is 31.3 Å². The molecular weight excluding hydrogens is 454 g/mol. The molecule has 1 amide bonds. The van der Waals surface area contributed by atoms with E-state index in [1.807, 2.05) is 29.2 Å². The molecule has 2 aromatic heterocycles. The summed E-state index contributed by atoms with van der Waals surface area (Å²) in [5.41, 5.74) is 3.14. The number of hydrogen-bond donors (Lipinski definition) is 2. The average Bonchev–Trinajstić information content (AvgIpc) is 3.66. The molecule has 1 fully saturated rings. The summed E-state index contributed by atoms with van der Waals surface area (Å²) in [5, 5.41) is 22.2. The van der Waals surface area contributed by atoms with Gasteiger partial charge in [-0.25, -0.2) is 4.98 Å². The van der Waals surface area contributed by atoms with Gasteiger partial charge in [-0.15, -0.1) is 0 Å². The molecule has 1 aliphatic carbocycles. The Morgan fingerprint density at radius 1 is 1.26 bits per heavy atom. The molecule has 34 heavy (non-hydrogen) atoms. The van der Waals surface area contributed by atoms with Crippen molar-refractivity contribution in [2.75, 3.05) is 23.4 Å². The summed E-state index contributed by atoms with van der Waals surface area (Å²) in [4.78, 5) is 22.4. The number of aliphatic hydroxyl groups excluding tert-OH is 1. The van der Waals surface area contributed by atoms with Crippen LogP contribution in [0, 0.1) is 17.2 Å². The predicted molar refractivity (Wildman–Crippen MR) is 130 cm³/mol. The van der Waals surface area contributed by atoms with Crippen LogP contribution in [0.15, 0.2) is 54.9 Å². The lowest BCUT2D eigenvalue weighted by Gasteiger charge is -2.29. The first-order chi connectivity index (χ1) is 16.4. The number of carbonyl (C=O) groups excluding carboxylic acids is 1. The van der Waals surface area contributed by atoms with Gasteiger partial charge in [0.05, 0.1) is 34.5 Å². The third-order valence-electron chi connectivity index (χ3n) is 5.42. The lowest BCUT2D eigenvalue weighted by atomic mass is 10.1. The molecule has 8 nitrogen and oxygen atoms in total. The van der Waals surface area contributed by atoms with Crippen molar-refractivity contribution < 1.29 is 14.6 Å². The summed E-state index contributed by atoms with van der Waals surface area (Å²) >= 11 is 6.55. The van der Waals surface area contributed by atoms with Crippen molar-refractivity contribution in [3.63, 3.8) is 0 Å². The van der Waals surface area contributed by atoms with Crippen LogP contribution in [0.4, 0.5) is 11.4 Å². The fourth-order valence-electron chi connectivity index (χ4n) is 3.45. The number of aliphatic hydroxyl groups is 1. The van der Waals surface area contributed by atoms with E-state index < -0.39 is 6.23 Å². The molecule has 0 spiro atoms. The number of nitriles is 1. The number of hydrogen-bond acceptors (Lipinski definition) is 7. The fourth-order valence-corrected chi connectivity index (χ4v) is 3.74. The van der Waals surface area contributed by atoms with Crippen molar-refractivity contribution in [3.05, 3.63) is 65.6 Å². The van der Waals surface area contributed by atoms with Crippen LogP contribution in [0.2, 0.25) is 5.02 Å². The predicted octanol–water partition coefficient (Wildman–Crippen LogP) is 4.24. The lowest BCUT2D eigenvalue weighted by molar-refractivity contribution is -0.118. The minimum absolute atomic E-state index is 0.201. The van der Waals surface area contributed by atoms with Gasteiger partial charge in [-0.2, -0.15) is 5.26 Å². The number of nitrogens with zero attached hydrogens (tertiary/aromatic N) is 4. The summed E-state index contributed by atoms with van der Waals surface area (Å²) in [6, 6.07) is 14.2. The van der Waals surface area contributed by atoms with Crippen molar-refractivity contribution in [3.8, 4) is 23.1 Å². The molecule has 0 radical (unpaired) electrons. The van der Waals surface area contributed by atoms with E-state index in [0.29, 0.717) is 28.1 Å². The Balaban J connectivity index is 1.36. The van der Waals surface area contributed by atoms with Gasteiger partial charge in [0.25, 0.3) is 5.91 Å². The molecule has 3 aromatic rings. The van der Waals surface area contributed by atoms with Crippen molar-refractivity contribution in [1.82, 2.24) is 9.97 Å². The molecule has 0 aliphatic heterocycles. The van der Waals surface area contributed by atoms with Gasteiger partial charge in [0.2, 0.25) is 0 Å². The van der Waals surface area contributed by atoms with Crippen LogP contribution in [-0.2, 0) is 4.79 Å². The van der Waals surface area contributed by atoms with Crippen molar-refractivity contribution in [1.29, 1.82) is 5.26 Å². The number of halogens is 1. The van der Waals surface area contributed by atoms with E-state index in [9.17, 15) is 9.90 Å². The summed E-state index contributed by atoms with van der Waals surface area (Å²) < 4.78 is 5.38.